The maximum absolute atomic E-state index is 6.31. The maximum atomic E-state index is 6.31. The highest BCUT2D eigenvalue weighted by Crippen LogP contribution is 2.40. The average molecular weight is 777 g/mol. The number of fused-ring (bicyclic) bond motifs is 10. The molecule has 0 unspecified atom stereocenters. The van der Waals surface area contributed by atoms with E-state index in [2.05, 4.69) is 215 Å². The van der Waals surface area contributed by atoms with Crippen LogP contribution in [0.25, 0.3) is 121 Å². The van der Waals surface area contributed by atoms with Crippen LogP contribution in [0.3, 0.4) is 0 Å². The standard InChI is InChI=1S/C58H36N2O/c1-2-12-45(13-3-1)59-55-30-24-42(34-51(55)52-35-43(25-31-56(52)59)44-22-28-49-48-15-7-9-17-57(48)61-58(49)36-44)41-23-29-54-50(33-41)47-14-6-8-16-53(47)60(54)46-26-20-38(21-27-46)40-19-18-37-10-4-5-11-39(37)32-40/h1-36H. The van der Waals surface area contributed by atoms with Crippen LogP contribution in [0.4, 0.5) is 0 Å². The fourth-order valence-electron chi connectivity index (χ4n) is 9.75. The van der Waals surface area contributed by atoms with Crippen molar-refractivity contribution in [3.8, 4) is 44.8 Å². The quantitative estimate of drug-likeness (QED) is 0.171. The topological polar surface area (TPSA) is 23.0 Å². The zero-order valence-corrected chi connectivity index (χ0v) is 33.1. The van der Waals surface area contributed by atoms with Gasteiger partial charge in [-0.2, -0.15) is 0 Å². The molecule has 13 aromatic rings. The van der Waals surface area contributed by atoms with Gasteiger partial charge in [0.05, 0.1) is 22.1 Å². The first-order valence-corrected chi connectivity index (χ1v) is 20.9. The van der Waals surface area contributed by atoms with Crippen LogP contribution in [0.5, 0.6) is 0 Å². The summed E-state index contributed by atoms with van der Waals surface area (Å²) in [6.07, 6.45) is 0. The number of benzene rings is 10. The molecule has 61 heavy (non-hydrogen) atoms. The molecule has 0 aliphatic rings. The Bertz CT molecular complexity index is 3860. The molecule has 0 aliphatic heterocycles. The molecule has 0 radical (unpaired) electrons. The molecule has 0 N–H and O–H groups in total. The number of para-hydroxylation sites is 3. The molecule has 13 rings (SSSR count). The van der Waals surface area contributed by atoms with Crippen LogP contribution in [0.15, 0.2) is 223 Å². The van der Waals surface area contributed by atoms with E-state index in [9.17, 15) is 0 Å². The maximum Gasteiger partial charge on any atom is 0.136 e. The van der Waals surface area contributed by atoms with Gasteiger partial charge in [0.25, 0.3) is 0 Å². The minimum atomic E-state index is 0.905. The van der Waals surface area contributed by atoms with E-state index in [1.165, 1.54) is 76.6 Å². The molecule has 3 aromatic heterocycles. The summed E-state index contributed by atoms with van der Waals surface area (Å²) in [6, 6.07) is 79.4. The summed E-state index contributed by atoms with van der Waals surface area (Å²) in [5.41, 5.74) is 16.0. The summed E-state index contributed by atoms with van der Waals surface area (Å²) < 4.78 is 11.1. The second-order valence-electron chi connectivity index (χ2n) is 16.1. The van der Waals surface area contributed by atoms with E-state index >= 15 is 0 Å². The van der Waals surface area contributed by atoms with Crippen molar-refractivity contribution in [1.29, 1.82) is 0 Å². The molecule has 3 heterocycles. The van der Waals surface area contributed by atoms with Crippen molar-refractivity contribution in [1.82, 2.24) is 9.13 Å². The highest BCUT2D eigenvalue weighted by atomic mass is 16.3. The molecular formula is C58H36N2O. The SMILES string of the molecule is c1ccc(-n2c3ccc(-c4ccc5c(c4)oc4ccccc45)cc3c3cc(-c4ccc5c(c4)c4ccccc4n5-c4ccc(-c5ccc6ccccc6c5)cc4)ccc32)cc1. The number of nitrogens with zero attached hydrogens (tertiary/aromatic N) is 2. The molecule has 0 spiro atoms. The van der Waals surface area contributed by atoms with Gasteiger partial charge in [0.2, 0.25) is 0 Å². The minimum absolute atomic E-state index is 0.905. The molecule has 0 aliphatic carbocycles. The van der Waals surface area contributed by atoms with Gasteiger partial charge in [0.1, 0.15) is 11.2 Å². The lowest BCUT2D eigenvalue weighted by Gasteiger charge is -2.10. The highest BCUT2D eigenvalue weighted by Gasteiger charge is 2.18. The van der Waals surface area contributed by atoms with E-state index in [0.29, 0.717) is 0 Å². The predicted octanol–water partition coefficient (Wildman–Crippen LogP) is 15.9. The summed E-state index contributed by atoms with van der Waals surface area (Å²) in [7, 11) is 0. The summed E-state index contributed by atoms with van der Waals surface area (Å²) in [6.45, 7) is 0. The summed E-state index contributed by atoms with van der Waals surface area (Å²) in [5, 5.41) is 9.71. The van der Waals surface area contributed by atoms with E-state index in [-0.39, 0.29) is 0 Å². The Morgan fingerprint density at radius 3 is 1.41 bits per heavy atom. The van der Waals surface area contributed by atoms with E-state index < -0.39 is 0 Å². The summed E-state index contributed by atoms with van der Waals surface area (Å²) in [5.74, 6) is 0. The molecule has 3 nitrogen and oxygen atoms in total. The molecule has 284 valence electrons. The van der Waals surface area contributed by atoms with Gasteiger partial charge >= 0.3 is 0 Å². The summed E-state index contributed by atoms with van der Waals surface area (Å²) >= 11 is 0. The van der Waals surface area contributed by atoms with Crippen LogP contribution in [-0.4, -0.2) is 9.13 Å². The fourth-order valence-corrected chi connectivity index (χ4v) is 9.75. The first kappa shape index (κ1) is 33.8. The van der Waals surface area contributed by atoms with Crippen LogP contribution in [0.2, 0.25) is 0 Å². The van der Waals surface area contributed by atoms with Gasteiger partial charge in [-0.15, -0.1) is 0 Å². The van der Waals surface area contributed by atoms with E-state index in [1.54, 1.807) is 0 Å². The van der Waals surface area contributed by atoms with Gasteiger partial charge in [0.15, 0.2) is 0 Å². The Morgan fingerprint density at radius 2 is 0.705 bits per heavy atom. The Labute approximate surface area is 351 Å². The minimum Gasteiger partial charge on any atom is -0.456 e. The first-order chi connectivity index (χ1) is 30.2. The van der Waals surface area contributed by atoms with Crippen LogP contribution >= 0.6 is 0 Å². The van der Waals surface area contributed by atoms with Crippen molar-refractivity contribution >= 4 is 76.3 Å². The van der Waals surface area contributed by atoms with Gasteiger partial charge in [0, 0.05) is 43.7 Å². The van der Waals surface area contributed by atoms with Crippen LogP contribution in [0, 0.1) is 0 Å². The van der Waals surface area contributed by atoms with E-state index in [4.69, 9.17) is 4.42 Å². The van der Waals surface area contributed by atoms with Gasteiger partial charge in [-0.3, -0.25) is 0 Å². The van der Waals surface area contributed by atoms with Crippen LogP contribution < -0.4 is 0 Å². The van der Waals surface area contributed by atoms with Crippen LogP contribution in [-0.2, 0) is 0 Å². The molecule has 0 saturated heterocycles. The Balaban J connectivity index is 0.938. The predicted molar refractivity (Wildman–Crippen MR) is 256 cm³/mol. The van der Waals surface area contributed by atoms with Crippen molar-refractivity contribution in [2.45, 2.75) is 0 Å². The molecule has 3 heteroatoms. The first-order valence-electron chi connectivity index (χ1n) is 20.9. The third-order valence-corrected chi connectivity index (χ3v) is 12.7. The molecule has 0 fully saturated rings. The largest absolute Gasteiger partial charge is 0.456 e. The lowest BCUT2D eigenvalue weighted by Crippen LogP contribution is -1.94. The summed E-state index contributed by atoms with van der Waals surface area (Å²) in [4.78, 5) is 0. The van der Waals surface area contributed by atoms with E-state index in [1.807, 2.05) is 12.1 Å². The molecule has 10 aromatic carbocycles. The van der Waals surface area contributed by atoms with Crippen LogP contribution in [0.1, 0.15) is 0 Å². The molecule has 0 atom stereocenters. The Kier molecular flexibility index (Phi) is 7.31. The normalized spacial score (nSPS) is 11.9. The number of hydrogen-bond donors (Lipinski definition) is 0. The van der Waals surface area contributed by atoms with Gasteiger partial charge in [-0.1, -0.05) is 127 Å². The zero-order chi connectivity index (χ0) is 40.0. The molecular weight excluding hydrogens is 741 g/mol. The number of hydrogen-bond acceptors (Lipinski definition) is 1. The zero-order valence-electron chi connectivity index (χ0n) is 33.1. The Hall–Kier alpha value is -8.14. The second-order valence-corrected chi connectivity index (χ2v) is 16.1. The van der Waals surface area contributed by atoms with Crippen molar-refractivity contribution < 1.29 is 4.42 Å². The number of aromatic nitrogens is 2. The van der Waals surface area contributed by atoms with Gasteiger partial charge < -0.3 is 13.6 Å². The number of rotatable bonds is 5. The van der Waals surface area contributed by atoms with E-state index in [0.717, 1.165) is 44.4 Å². The van der Waals surface area contributed by atoms with Gasteiger partial charge in [-0.25, -0.2) is 0 Å². The van der Waals surface area contributed by atoms with Crippen molar-refractivity contribution in [3.05, 3.63) is 218 Å². The number of furan rings is 1. The second kappa shape index (κ2) is 13.2. The smallest absolute Gasteiger partial charge is 0.136 e. The Morgan fingerprint density at radius 1 is 0.246 bits per heavy atom. The third kappa shape index (κ3) is 5.31. The van der Waals surface area contributed by atoms with Crippen molar-refractivity contribution in [3.63, 3.8) is 0 Å². The lowest BCUT2D eigenvalue weighted by molar-refractivity contribution is 0.669. The van der Waals surface area contributed by atoms with Crippen molar-refractivity contribution in [2.24, 2.45) is 0 Å². The highest BCUT2D eigenvalue weighted by molar-refractivity contribution is 6.14. The lowest BCUT2D eigenvalue weighted by atomic mass is 9.99. The monoisotopic (exact) mass is 776 g/mol. The fraction of sp³-hybridized carbons (Fsp3) is 0. The van der Waals surface area contributed by atoms with Gasteiger partial charge in [-0.05, 0) is 135 Å². The third-order valence-electron chi connectivity index (χ3n) is 12.7. The van der Waals surface area contributed by atoms with Crippen molar-refractivity contribution in [2.75, 3.05) is 0 Å². The molecule has 0 saturated carbocycles. The molecule has 0 bridgehead atoms. The average Bonchev–Trinajstić information content (AvgIpc) is 3.98. The molecule has 0 amide bonds.